The third-order valence-electron chi connectivity index (χ3n) is 4.71. The zero-order valence-corrected chi connectivity index (χ0v) is 14.8. The summed E-state index contributed by atoms with van der Waals surface area (Å²) >= 11 is 1.68. The minimum Gasteiger partial charge on any atom is -0.339 e. The number of rotatable bonds is 3. The molecule has 1 amide bonds. The molecule has 0 N–H and O–H groups in total. The Morgan fingerprint density at radius 1 is 1.38 bits per heavy atom. The predicted octanol–water partition coefficient (Wildman–Crippen LogP) is 3.57. The van der Waals surface area contributed by atoms with E-state index >= 15 is 0 Å². The SMILES string of the molecule is CC(C)c1nc([C@@H]2CCCN2C(=O)[C@@H]2Cc3ccccc3S2)no1. The van der Waals surface area contributed by atoms with Crippen LogP contribution in [0, 0.1) is 0 Å². The van der Waals surface area contributed by atoms with Crippen LogP contribution in [0.1, 0.15) is 55.9 Å². The lowest BCUT2D eigenvalue weighted by Crippen LogP contribution is -2.37. The molecule has 0 radical (unpaired) electrons. The fourth-order valence-corrected chi connectivity index (χ4v) is 4.69. The highest BCUT2D eigenvalue weighted by molar-refractivity contribution is 8.01. The fourth-order valence-electron chi connectivity index (χ4n) is 3.42. The molecule has 4 rings (SSSR count). The van der Waals surface area contributed by atoms with Crippen molar-refractivity contribution in [1.82, 2.24) is 15.0 Å². The maximum atomic E-state index is 13.1. The quantitative estimate of drug-likeness (QED) is 0.852. The second kappa shape index (κ2) is 6.24. The second-order valence-corrected chi connectivity index (χ2v) is 8.00. The molecule has 126 valence electrons. The minimum absolute atomic E-state index is 0.0283. The summed E-state index contributed by atoms with van der Waals surface area (Å²) in [4.78, 5) is 20.8. The van der Waals surface area contributed by atoms with Gasteiger partial charge < -0.3 is 9.42 Å². The van der Waals surface area contributed by atoms with E-state index in [4.69, 9.17) is 4.52 Å². The Bertz CT molecular complexity index is 733. The van der Waals surface area contributed by atoms with Gasteiger partial charge in [-0.3, -0.25) is 4.79 Å². The van der Waals surface area contributed by atoms with Crippen LogP contribution in [0.5, 0.6) is 0 Å². The lowest BCUT2D eigenvalue weighted by atomic mass is 10.1. The summed E-state index contributed by atoms with van der Waals surface area (Å²) in [7, 11) is 0. The van der Waals surface area contributed by atoms with Crippen molar-refractivity contribution in [1.29, 1.82) is 0 Å². The van der Waals surface area contributed by atoms with E-state index < -0.39 is 0 Å². The van der Waals surface area contributed by atoms with Gasteiger partial charge in [0.15, 0.2) is 5.82 Å². The van der Waals surface area contributed by atoms with Crippen molar-refractivity contribution in [2.75, 3.05) is 6.54 Å². The van der Waals surface area contributed by atoms with Crippen LogP contribution in [0.25, 0.3) is 0 Å². The van der Waals surface area contributed by atoms with Gasteiger partial charge in [-0.2, -0.15) is 4.98 Å². The number of likely N-dealkylation sites (tertiary alicyclic amines) is 1. The van der Waals surface area contributed by atoms with Gasteiger partial charge in [-0.1, -0.05) is 37.2 Å². The molecule has 24 heavy (non-hydrogen) atoms. The average Bonchev–Trinajstić information content (AvgIpc) is 3.30. The first-order chi connectivity index (χ1) is 11.6. The van der Waals surface area contributed by atoms with Crippen LogP contribution in [0.15, 0.2) is 33.7 Å². The van der Waals surface area contributed by atoms with Gasteiger partial charge in [0.05, 0.1) is 11.3 Å². The standard InChI is InChI=1S/C18H21N3O2S/c1-11(2)17-19-16(20-23-17)13-7-5-9-21(13)18(22)15-10-12-6-3-4-8-14(12)24-15/h3-4,6,8,11,13,15H,5,7,9-10H2,1-2H3/t13-,15-/m0/s1. The number of fused-ring (bicyclic) bond motifs is 1. The summed E-state index contributed by atoms with van der Waals surface area (Å²) in [5, 5.41) is 4.10. The molecule has 0 unspecified atom stereocenters. The molecule has 1 saturated heterocycles. The number of carbonyl (C=O) groups excluding carboxylic acids is 1. The first-order valence-electron chi connectivity index (χ1n) is 8.52. The Balaban J connectivity index is 1.51. The summed E-state index contributed by atoms with van der Waals surface area (Å²) in [5.74, 6) is 1.71. The first-order valence-corrected chi connectivity index (χ1v) is 9.40. The van der Waals surface area contributed by atoms with Crippen LogP contribution in [-0.2, 0) is 11.2 Å². The Labute approximate surface area is 145 Å². The molecule has 2 aromatic rings. The van der Waals surface area contributed by atoms with Gasteiger partial charge in [0, 0.05) is 17.4 Å². The average molecular weight is 343 g/mol. The Hall–Kier alpha value is -1.82. The van der Waals surface area contributed by atoms with E-state index in [0.29, 0.717) is 11.7 Å². The number of hydrogen-bond donors (Lipinski definition) is 0. The molecule has 0 saturated carbocycles. The third kappa shape index (κ3) is 2.73. The van der Waals surface area contributed by atoms with Crippen molar-refractivity contribution in [3.05, 3.63) is 41.5 Å². The van der Waals surface area contributed by atoms with Crippen LogP contribution >= 0.6 is 11.8 Å². The molecule has 2 atom stereocenters. The van der Waals surface area contributed by atoms with Gasteiger partial charge in [-0.25, -0.2) is 0 Å². The molecule has 3 heterocycles. The van der Waals surface area contributed by atoms with Crippen LogP contribution in [0.2, 0.25) is 0 Å². The van der Waals surface area contributed by atoms with E-state index in [0.717, 1.165) is 25.8 Å². The molecule has 5 nitrogen and oxygen atoms in total. The minimum atomic E-state index is -0.0435. The summed E-state index contributed by atoms with van der Waals surface area (Å²) < 4.78 is 5.34. The molecule has 0 aliphatic carbocycles. The molecule has 6 heteroatoms. The van der Waals surface area contributed by atoms with Crippen LogP contribution in [0.3, 0.4) is 0 Å². The number of carbonyl (C=O) groups is 1. The number of hydrogen-bond acceptors (Lipinski definition) is 5. The number of benzene rings is 1. The Morgan fingerprint density at radius 2 is 2.21 bits per heavy atom. The van der Waals surface area contributed by atoms with Gasteiger partial charge >= 0.3 is 0 Å². The largest absolute Gasteiger partial charge is 0.339 e. The third-order valence-corrected chi connectivity index (χ3v) is 6.01. The molecule has 1 aromatic heterocycles. The zero-order chi connectivity index (χ0) is 16.7. The molecule has 0 bridgehead atoms. The van der Waals surface area contributed by atoms with Crippen LogP contribution < -0.4 is 0 Å². The van der Waals surface area contributed by atoms with E-state index in [9.17, 15) is 4.79 Å². The lowest BCUT2D eigenvalue weighted by molar-refractivity contribution is -0.131. The van der Waals surface area contributed by atoms with E-state index in [-0.39, 0.29) is 23.1 Å². The van der Waals surface area contributed by atoms with Gasteiger partial charge in [0.25, 0.3) is 0 Å². The molecule has 2 aliphatic heterocycles. The number of aromatic nitrogens is 2. The molecule has 0 spiro atoms. The second-order valence-electron chi connectivity index (χ2n) is 6.75. The summed E-state index contributed by atoms with van der Waals surface area (Å²) in [6.45, 7) is 4.84. The van der Waals surface area contributed by atoms with Gasteiger partial charge in [0.2, 0.25) is 11.8 Å². The molecule has 2 aliphatic rings. The smallest absolute Gasteiger partial charge is 0.237 e. The monoisotopic (exact) mass is 343 g/mol. The van der Waals surface area contributed by atoms with Crippen molar-refractivity contribution in [3.8, 4) is 0 Å². The summed E-state index contributed by atoms with van der Waals surface area (Å²) in [6, 6.07) is 8.24. The van der Waals surface area contributed by atoms with Gasteiger partial charge in [0.1, 0.15) is 0 Å². The topological polar surface area (TPSA) is 59.2 Å². The number of thioether (sulfide) groups is 1. The fraction of sp³-hybridized carbons (Fsp3) is 0.500. The van der Waals surface area contributed by atoms with Crippen molar-refractivity contribution < 1.29 is 9.32 Å². The van der Waals surface area contributed by atoms with Crippen molar-refractivity contribution in [3.63, 3.8) is 0 Å². The van der Waals surface area contributed by atoms with Gasteiger partial charge in [-0.15, -0.1) is 11.8 Å². The predicted molar refractivity (Wildman–Crippen MR) is 91.9 cm³/mol. The van der Waals surface area contributed by atoms with Crippen LogP contribution in [-0.4, -0.2) is 32.7 Å². The van der Waals surface area contributed by atoms with E-state index in [1.54, 1.807) is 11.8 Å². The number of amides is 1. The highest BCUT2D eigenvalue weighted by Gasteiger charge is 2.39. The maximum absolute atomic E-state index is 13.1. The van der Waals surface area contributed by atoms with Crippen molar-refractivity contribution in [2.45, 2.75) is 55.2 Å². The molecule has 1 aromatic carbocycles. The van der Waals surface area contributed by atoms with Crippen LogP contribution in [0.4, 0.5) is 0 Å². The number of nitrogens with zero attached hydrogens (tertiary/aromatic N) is 3. The lowest BCUT2D eigenvalue weighted by Gasteiger charge is -2.25. The van der Waals surface area contributed by atoms with Crippen molar-refractivity contribution >= 4 is 17.7 Å². The summed E-state index contributed by atoms with van der Waals surface area (Å²) in [6.07, 6.45) is 2.71. The van der Waals surface area contributed by atoms with Crippen molar-refractivity contribution in [2.24, 2.45) is 0 Å². The first kappa shape index (κ1) is 15.7. The molecule has 1 fully saturated rings. The van der Waals surface area contributed by atoms with E-state index in [2.05, 4.69) is 22.3 Å². The van der Waals surface area contributed by atoms with E-state index in [1.165, 1.54) is 10.5 Å². The highest BCUT2D eigenvalue weighted by Crippen LogP contribution is 2.40. The Kier molecular flexibility index (Phi) is 4.08. The zero-order valence-electron chi connectivity index (χ0n) is 13.9. The molecular weight excluding hydrogens is 322 g/mol. The summed E-state index contributed by atoms with van der Waals surface area (Å²) in [5.41, 5.74) is 1.28. The Morgan fingerprint density at radius 3 is 2.96 bits per heavy atom. The maximum Gasteiger partial charge on any atom is 0.237 e. The highest BCUT2D eigenvalue weighted by atomic mass is 32.2. The normalized spacial score (nSPS) is 23.0. The van der Waals surface area contributed by atoms with E-state index in [1.807, 2.05) is 30.9 Å². The van der Waals surface area contributed by atoms with Gasteiger partial charge in [-0.05, 0) is 30.9 Å². The molecular formula is C18H21N3O2S.